The Hall–Kier alpha value is -1.12. The largest absolute Gasteiger partial charge is 0.481 e. The summed E-state index contributed by atoms with van der Waals surface area (Å²) in [6.07, 6.45) is -0.0237. The van der Waals surface area contributed by atoms with Gasteiger partial charge in [-0.2, -0.15) is 0 Å². The van der Waals surface area contributed by atoms with Gasteiger partial charge >= 0.3 is 5.97 Å². The van der Waals surface area contributed by atoms with Gasteiger partial charge in [-0.25, -0.2) is 4.98 Å². The van der Waals surface area contributed by atoms with E-state index < -0.39 is 5.97 Å². The Morgan fingerprint density at radius 3 is 2.89 bits per heavy atom. The Labute approximate surface area is 119 Å². The highest BCUT2D eigenvalue weighted by atomic mass is 32.2. The smallest absolute Gasteiger partial charge is 0.308 e. The molecule has 0 aliphatic rings. The van der Waals surface area contributed by atoms with Gasteiger partial charge in [-0.1, -0.05) is 11.8 Å². The van der Waals surface area contributed by atoms with E-state index in [4.69, 9.17) is 9.84 Å². The zero-order valence-corrected chi connectivity index (χ0v) is 12.4. The number of aryl methyl sites for hydroxylation is 1. The summed E-state index contributed by atoms with van der Waals surface area (Å²) < 4.78 is 5.54. The molecule has 19 heavy (non-hydrogen) atoms. The summed E-state index contributed by atoms with van der Waals surface area (Å²) in [5.74, 6) is -0.696. The third-order valence-electron chi connectivity index (χ3n) is 2.14. The number of hydrogen-bond acceptors (Lipinski definition) is 6. The fourth-order valence-corrected chi connectivity index (χ4v) is 3.29. The zero-order chi connectivity index (χ0) is 14.3. The molecule has 1 heterocycles. The second-order valence-electron chi connectivity index (χ2n) is 3.69. The summed E-state index contributed by atoms with van der Waals surface area (Å²) in [4.78, 5) is 27.1. The van der Waals surface area contributed by atoms with Crippen molar-refractivity contribution < 1.29 is 19.4 Å². The molecule has 0 saturated carbocycles. The van der Waals surface area contributed by atoms with Crippen LogP contribution in [0.2, 0.25) is 0 Å². The third kappa shape index (κ3) is 6.04. The van der Waals surface area contributed by atoms with Gasteiger partial charge in [-0.15, -0.1) is 11.3 Å². The van der Waals surface area contributed by atoms with Crippen LogP contribution in [0.25, 0.3) is 0 Å². The number of methoxy groups -OCH3 is 1. The highest BCUT2D eigenvalue weighted by Crippen LogP contribution is 2.27. The number of amides is 1. The average Bonchev–Trinajstić information content (AvgIpc) is 2.67. The molecular weight excluding hydrogens is 288 g/mol. The molecular formula is C11H16N2O4S2. The number of nitrogens with zero attached hydrogens (tertiary/aromatic N) is 1. The zero-order valence-electron chi connectivity index (χ0n) is 10.8. The number of aliphatic carboxylic acids is 1. The third-order valence-corrected chi connectivity index (χ3v) is 4.44. The highest BCUT2D eigenvalue weighted by Gasteiger charge is 2.12. The minimum atomic E-state index is -0.874. The predicted octanol–water partition coefficient (Wildman–Crippen LogP) is 0.933. The van der Waals surface area contributed by atoms with Crippen LogP contribution in [0.4, 0.5) is 0 Å². The number of aromatic nitrogens is 1. The Morgan fingerprint density at radius 2 is 2.26 bits per heavy atom. The lowest BCUT2D eigenvalue weighted by Crippen LogP contribution is -2.28. The molecule has 1 aromatic rings. The number of nitrogens with one attached hydrogen (secondary N) is 1. The maximum Gasteiger partial charge on any atom is 0.308 e. The van der Waals surface area contributed by atoms with Gasteiger partial charge in [-0.05, 0) is 6.92 Å². The van der Waals surface area contributed by atoms with Gasteiger partial charge in [0.2, 0.25) is 5.91 Å². The minimum Gasteiger partial charge on any atom is -0.481 e. The summed E-state index contributed by atoms with van der Waals surface area (Å²) >= 11 is 2.63. The molecule has 0 fully saturated rings. The van der Waals surface area contributed by atoms with Crippen molar-refractivity contribution in [2.24, 2.45) is 0 Å². The number of thioether (sulfide) groups is 1. The van der Waals surface area contributed by atoms with Gasteiger partial charge in [0.25, 0.3) is 0 Å². The molecule has 0 spiro atoms. The van der Waals surface area contributed by atoms with Crippen molar-refractivity contribution in [1.29, 1.82) is 0 Å². The molecule has 0 aromatic carbocycles. The SMILES string of the molecule is COCCNC(=O)CSc1nc(C)c(CC(=O)O)s1. The molecule has 1 aromatic heterocycles. The standard InChI is InChI=1S/C11H16N2O4S2/c1-7-8(5-10(15)16)19-11(13-7)18-6-9(14)12-3-4-17-2/h3-6H2,1-2H3,(H,12,14)(H,15,16). The summed E-state index contributed by atoms with van der Waals surface area (Å²) in [6, 6.07) is 0. The van der Waals surface area contributed by atoms with E-state index in [1.807, 2.05) is 0 Å². The Bertz CT molecular complexity index is 448. The van der Waals surface area contributed by atoms with Gasteiger partial charge in [0.05, 0.1) is 24.5 Å². The van der Waals surface area contributed by atoms with E-state index in [2.05, 4.69) is 10.3 Å². The Morgan fingerprint density at radius 1 is 1.53 bits per heavy atom. The van der Waals surface area contributed by atoms with E-state index in [9.17, 15) is 9.59 Å². The summed E-state index contributed by atoms with van der Waals surface area (Å²) in [7, 11) is 1.57. The molecule has 6 nitrogen and oxygen atoms in total. The topological polar surface area (TPSA) is 88.5 Å². The quantitative estimate of drug-likeness (QED) is 0.549. The minimum absolute atomic E-state index is 0.0237. The van der Waals surface area contributed by atoms with Gasteiger partial charge < -0.3 is 15.2 Å². The van der Waals surface area contributed by atoms with E-state index in [0.29, 0.717) is 13.2 Å². The lowest BCUT2D eigenvalue weighted by atomic mass is 10.3. The normalized spacial score (nSPS) is 10.4. The number of carbonyl (C=O) groups is 2. The molecule has 1 amide bonds. The molecule has 0 unspecified atom stereocenters. The number of hydrogen-bond donors (Lipinski definition) is 2. The van der Waals surface area contributed by atoms with Gasteiger partial charge in [-0.3, -0.25) is 9.59 Å². The van der Waals surface area contributed by atoms with E-state index >= 15 is 0 Å². The lowest BCUT2D eigenvalue weighted by molar-refractivity contribution is -0.136. The monoisotopic (exact) mass is 304 g/mol. The second kappa shape index (κ2) is 8.13. The van der Waals surface area contributed by atoms with Gasteiger partial charge in [0.1, 0.15) is 0 Å². The van der Waals surface area contributed by atoms with E-state index in [1.165, 1.54) is 23.1 Å². The van der Waals surface area contributed by atoms with Crippen molar-refractivity contribution >= 4 is 35.0 Å². The van der Waals surface area contributed by atoms with Gasteiger partial charge in [0.15, 0.2) is 4.34 Å². The first-order valence-corrected chi connectivity index (χ1v) is 7.39. The molecule has 2 N–H and O–H groups in total. The van der Waals surface area contributed by atoms with E-state index in [0.717, 1.165) is 14.9 Å². The van der Waals surface area contributed by atoms with Crippen molar-refractivity contribution in [1.82, 2.24) is 10.3 Å². The first-order valence-electron chi connectivity index (χ1n) is 5.59. The summed E-state index contributed by atoms with van der Waals surface area (Å²) in [5, 5.41) is 11.4. The first-order chi connectivity index (χ1) is 9.02. The van der Waals surface area contributed by atoms with Crippen molar-refractivity contribution in [3.8, 4) is 0 Å². The average molecular weight is 304 g/mol. The number of carboxylic acids is 1. The van der Waals surface area contributed by atoms with Crippen LogP contribution in [0.5, 0.6) is 0 Å². The maximum absolute atomic E-state index is 11.5. The number of thiazole rings is 1. The van der Waals surface area contributed by atoms with E-state index in [1.54, 1.807) is 14.0 Å². The number of ether oxygens (including phenoxy) is 1. The molecule has 0 aliphatic carbocycles. The second-order valence-corrected chi connectivity index (χ2v) is 6.00. The Balaban J connectivity index is 2.41. The summed E-state index contributed by atoms with van der Waals surface area (Å²) in [6.45, 7) is 2.74. The van der Waals surface area contributed by atoms with Crippen molar-refractivity contribution in [2.45, 2.75) is 17.7 Å². The molecule has 1 rings (SSSR count). The van der Waals surface area contributed by atoms with Crippen LogP contribution in [0.3, 0.4) is 0 Å². The number of carbonyl (C=O) groups excluding carboxylic acids is 1. The summed E-state index contributed by atoms with van der Waals surface area (Å²) in [5.41, 5.74) is 0.717. The van der Waals surface area contributed by atoms with Crippen LogP contribution >= 0.6 is 23.1 Å². The molecule has 0 saturated heterocycles. The van der Waals surface area contributed by atoms with Crippen LogP contribution in [-0.2, 0) is 20.7 Å². The van der Waals surface area contributed by atoms with Crippen LogP contribution in [-0.4, -0.2) is 48.0 Å². The van der Waals surface area contributed by atoms with Crippen molar-refractivity contribution in [2.75, 3.05) is 26.0 Å². The molecule has 0 radical (unpaired) electrons. The Kier molecular flexibility index (Phi) is 6.82. The van der Waals surface area contributed by atoms with Crippen LogP contribution in [0, 0.1) is 6.92 Å². The van der Waals surface area contributed by atoms with Crippen molar-refractivity contribution in [3.63, 3.8) is 0 Å². The number of carboxylic acid groups (broad SMARTS) is 1. The van der Waals surface area contributed by atoms with E-state index in [-0.39, 0.29) is 18.1 Å². The van der Waals surface area contributed by atoms with Crippen LogP contribution < -0.4 is 5.32 Å². The molecule has 0 atom stereocenters. The fourth-order valence-electron chi connectivity index (χ4n) is 1.24. The highest BCUT2D eigenvalue weighted by molar-refractivity contribution is 8.01. The molecule has 0 aliphatic heterocycles. The van der Waals surface area contributed by atoms with Crippen LogP contribution in [0.1, 0.15) is 10.6 Å². The van der Waals surface area contributed by atoms with Crippen LogP contribution in [0.15, 0.2) is 4.34 Å². The lowest BCUT2D eigenvalue weighted by Gasteiger charge is -2.02. The van der Waals surface area contributed by atoms with Gasteiger partial charge in [0, 0.05) is 18.5 Å². The molecule has 8 heteroatoms. The fraction of sp³-hybridized carbons (Fsp3) is 0.545. The van der Waals surface area contributed by atoms with Crippen molar-refractivity contribution in [3.05, 3.63) is 10.6 Å². The molecule has 106 valence electrons. The first kappa shape index (κ1) is 15.9. The predicted molar refractivity (Wildman–Crippen MR) is 73.8 cm³/mol. The molecule has 0 bridgehead atoms. The maximum atomic E-state index is 11.5. The number of rotatable bonds is 8.